The number of nitrogens with one attached hydrogen (secondary N) is 2. The number of anilines is 3. The van der Waals surface area contributed by atoms with E-state index in [-0.39, 0.29) is 23.5 Å². The van der Waals surface area contributed by atoms with E-state index in [0.29, 0.717) is 73.7 Å². The van der Waals surface area contributed by atoms with Crippen molar-refractivity contribution in [3.63, 3.8) is 0 Å². The number of amides is 3. The van der Waals surface area contributed by atoms with Crippen molar-refractivity contribution in [2.24, 2.45) is 0 Å². The molecule has 39 heavy (non-hydrogen) atoms. The number of likely N-dealkylation sites (N-methyl/N-ethyl adjacent to an activating group) is 1. The predicted molar refractivity (Wildman–Crippen MR) is 148 cm³/mol. The molecule has 0 aliphatic carbocycles. The normalized spacial score (nSPS) is 17.2. The highest BCUT2D eigenvalue weighted by molar-refractivity contribution is 7.90. The van der Waals surface area contributed by atoms with Gasteiger partial charge in [-0.15, -0.1) is 0 Å². The Morgan fingerprint density at radius 3 is 2.82 bits per heavy atom. The molecule has 0 bridgehead atoms. The zero-order valence-corrected chi connectivity index (χ0v) is 23.1. The van der Waals surface area contributed by atoms with E-state index in [1.165, 1.54) is 11.1 Å². The van der Waals surface area contributed by atoms with Crippen molar-refractivity contribution in [2.45, 2.75) is 32.4 Å². The third-order valence-electron chi connectivity index (χ3n) is 6.65. The fourth-order valence-electron chi connectivity index (χ4n) is 4.75. The first-order valence-corrected chi connectivity index (χ1v) is 14.4. The number of carbonyl (C=O) groups excluding carboxylic acids is 3. The Bertz CT molecular complexity index is 1300. The fraction of sp³-hybridized carbons (Fsp3) is 0.462. The molecule has 2 N–H and O–H groups in total. The minimum absolute atomic E-state index is 0.000415. The first-order chi connectivity index (χ1) is 18.7. The molecule has 1 saturated heterocycles. The van der Waals surface area contributed by atoms with Crippen molar-refractivity contribution in [3.8, 4) is 6.07 Å². The highest BCUT2D eigenvalue weighted by Gasteiger charge is 2.28. The minimum atomic E-state index is -1.02. The van der Waals surface area contributed by atoms with Gasteiger partial charge < -0.3 is 14.8 Å². The number of hydrogen-bond donors (Lipinski definition) is 2. The number of aromatic nitrogens is 2. The van der Waals surface area contributed by atoms with Crippen LogP contribution in [0.4, 0.5) is 22.1 Å². The number of rotatable bonds is 8. The Labute approximate surface area is 230 Å². The van der Waals surface area contributed by atoms with E-state index in [1.54, 1.807) is 17.2 Å². The summed E-state index contributed by atoms with van der Waals surface area (Å²) in [5, 5.41) is 15.4. The van der Waals surface area contributed by atoms with Gasteiger partial charge in [0.1, 0.15) is 29.2 Å². The Kier molecular flexibility index (Phi) is 9.01. The van der Waals surface area contributed by atoms with Gasteiger partial charge in [-0.1, -0.05) is 11.2 Å². The lowest BCUT2D eigenvalue weighted by molar-refractivity contribution is -0.136. The summed E-state index contributed by atoms with van der Waals surface area (Å²) < 4.78 is 11.6. The van der Waals surface area contributed by atoms with Crippen LogP contribution in [0.3, 0.4) is 0 Å². The van der Waals surface area contributed by atoms with Gasteiger partial charge in [-0.05, 0) is 38.4 Å². The Morgan fingerprint density at radius 2 is 2.13 bits per heavy atom. The number of aryl methyl sites for hydroxylation is 1. The van der Waals surface area contributed by atoms with E-state index in [4.69, 9.17) is 0 Å². The third kappa shape index (κ3) is 6.83. The van der Waals surface area contributed by atoms with E-state index in [0.717, 1.165) is 12.1 Å². The van der Waals surface area contributed by atoms with Crippen molar-refractivity contribution in [3.05, 3.63) is 40.7 Å². The van der Waals surface area contributed by atoms with Crippen molar-refractivity contribution in [1.29, 1.82) is 5.26 Å². The van der Waals surface area contributed by atoms with Gasteiger partial charge in [0.2, 0.25) is 5.91 Å². The number of hydrogen-bond acceptors (Lipinski definition) is 9. The van der Waals surface area contributed by atoms with E-state index in [1.807, 2.05) is 24.9 Å². The molecule has 2 aliphatic rings. The van der Waals surface area contributed by atoms with Crippen molar-refractivity contribution < 1.29 is 18.9 Å². The molecular formula is C26H32N8O4S. The van der Waals surface area contributed by atoms with Crippen LogP contribution in [0, 0.1) is 11.3 Å². The van der Waals surface area contributed by atoms with Crippen LogP contribution in [0.2, 0.25) is 0 Å². The molecule has 12 nitrogen and oxygen atoms in total. The van der Waals surface area contributed by atoms with Gasteiger partial charge in [0.05, 0.1) is 30.1 Å². The zero-order valence-electron chi connectivity index (χ0n) is 22.3. The molecule has 2 atom stereocenters. The van der Waals surface area contributed by atoms with Gasteiger partial charge in [0.15, 0.2) is 6.29 Å². The largest absolute Gasteiger partial charge is 0.616 e. The molecule has 0 saturated carbocycles. The van der Waals surface area contributed by atoms with Gasteiger partial charge >= 0.3 is 6.03 Å². The quantitative estimate of drug-likeness (QED) is 0.366. The molecule has 206 valence electrons. The minimum Gasteiger partial charge on any atom is -0.616 e. The maximum absolute atomic E-state index is 13.3. The van der Waals surface area contributed by atoms with Crippen molar-refractivity contribution in [1.82, 2.24) is 19.8 Å². The van der Waals surface area contributed by atoms with Crippen LogP contribution in [-0.4, -0.2) is 93.8 Å². The number of aldehydes is 1. The highest BCUT2D eigenvalue weighted by atomic mass is 32.2. The van der Waals surface area contributed by atoms with Crippen molar-refractivity contribution in [2.75, 3.05) is 60.8 Å². The van der Waals surface area contributed by atoms with Crippen LogP contribution in [0.5, 0.6) is 0 Å². The molecular weight excluding hydrogens is 520 g/mol. The van der Waals surface area contributed by atoms with E-state index >= 15 is 0 Å². The monoisotopic (exact) mass is 552 g/mol. The standard InChI is InChI=1S/C26H32N8O4S/c1-17(16-39(3)38)29-21-10-23(28-12-20(21)11-27)31-26(37)34-6-4-5-18-9-19(22(15-35)30-25(18)34)13-33-8-7-32(2)14-24(33)36/h9-10,12,15,17H,4-8,13-14,16H2,1-3H3,(H2,28,29,31,37)/t17-,39?/m1/s1. The number of fused-ring (bicyclic) bond motifs is 1. The van der Waals surface area contributed by atoms with Gasteiger partial charge in [-0.25, -0.2) is 14.8 Å². The second-order valence-corrected chi connectivity index (χ2v) is 11.4. The van der Waals surface area contributed by atoms with Gasteiger partial charge in [0.25, 0.3) is 0 Å². The number of carbonyl (C=O) groups is 3. The molecule has 0 aromatic carbocycles. The zero-order chi connectivity index (χ0) is 28.1. The first kappa shape index (κ1) is 28.3. The molecule has 2 aromatic rings. The molecule has 1 fully saturated rings. The lowest BCUT2D eigenvalue weighted by atomic mass is 10.0. The number of piperazine rings is 1. The highest BCUT2D eigenvalue weighted by Crippen LogP contribution is 2.29. The molecule has 4 rings (SSSR count). The number of nitriles is 1. The summed E-state index contributed by atoms with van der Waals surface area (Å²) >= 11 is -1.02. The molecule has 1 unspecified atom stereocenters. The second kappa shape index (κ2) is 12.4. The number of pyridine rings is 2. The van der Waals surface area contributed by atoms with E-state index < -0.39 is 17.2 Å². The summed E-state index contributed by atoms with van der Waals surface area (Å²) in [5.41, 5.74) is 2.47. The van der Waals surface area contributed by atoms with Crippen LogP contribution >= 0.6 is 0 Å². The molecule has 4 heterocycles. The molecule has 13 heteroatoms. The summed E-state index contributed by atoms with van der Waals surface area (Å²) in [6.07, 6.45) is 5.03. The van der Waals surface area contributed by atoms with Gasteiger partial charge in [-0.3, -0.25) is 24.7 Å². The summed E-state index contributed by atoms with van der Waals surface area (Å²) in [5.74, 6) is 1.04. The summed E-state index contributed by atoms with van der Waals surface area (Å²) in [6, 6.07) is 4.88. The number of nitrogens with zero attached hydrogens (tertiary/aromatic N) is 6. The van der Waals surface area contributed by atoms with E-state index in [9.17, 15) is 24.2 Å². The molecule has 0 spiro atoms. The summed E-state index contributed by atoms with van der Waals surface area (Å²) in [4.78, 5) is 51.6. The van der Waals surface area contributed by atoms with Gasteiger partial charge in [-0.2, -0.15) is 5.26 Å². The van der Waals surface area contributed by atoms with Gasteiger partial charge in [0, 0.05) is 44.0 Å². The Morgan fingerprint density at radius 1 is 1.33 bits per heavy atom. The molecule has 2 aromatic heterocycles. The SMILES string of the molecule is C[C@H](C[S+](C)[O-])Nc1cc(NC(=O)N2CCCc3cc(CN4CCN(C)CC4=O)c(C=O)nc32)ncc1C#N. The summed E-state index contributed by atoms with van der Waals surface area (Å²) in [7, 11) is 1.90. The predicted octanol–water partition coefficient (Wildman–Crippen LogP) is 1.60. The van der Waals surface area contributed by atoms with Crippen LogP contribution in [0.15, 0.2) is 18.3 Å². The smallest absolute Gasteiger partial charge is 0.328 e. The lowest BCUT2D eigenvalue weighted by Gasteiger charge is -2.33. The summed E-state index contributed by atoms with van der Waals surface area (Å²) in [6.45, 7) is 4.22. The first-order valence-electron chi connectivity index (χ1n) is 12.7. The molecule has 2 aliphatic heterocycles. The number of urea groups is 1. The van der Waals surface area contributed by atoms with Crippen LogP contribution in [-0.2, 0) is 28.9 Å². The fourth-order valence-corrected chi connectivity index (χ4v) is 5.54. The Hall–Kier alpha value is -3.73. The molecule has 3 amide bonds. The lowest BCUT2D eigenvalue weighted by Crippen LogP contribution is -2.48. The maximum Gasteiger partial charge on any atom is 0.328 e. The van der Waals surface area contributed by atoms with Crippen molar-refractivity contribution >= 4 is 46.7 Å². The molecule has 0 radical (unpaired) electrons. The average Bonchev–Trinajstić information content (AvgIpc) is 2.89. The Balaban J connectivity index is 1.53. The van der Waals surface area contributed by atoms with E-state index in [2.05, 4.69) is 26.7 Å². The second-order valence-electron chi connectivity index (χ2n) is 9.88. The van der Waals surface area contributed by atoms with Crippen LogP contribution in [0.1, 0.15) is 40.5 Å². The van der Waals surface area contributed by atoms with Crippen LogP contribution < -0.4 is 15.5 Å². The maximum atomic E-state index is 13.3. The van der Waals surface area contributed by atoms with Crippen LogP contribution in [0.25, 0.3) is 0 Å². The topological polar surface area (TPSA) is 158 Å². The third-order valence-corrected chi connectivity index (χ3v) is 7.62. The average molecular weight is 553 g/mol.